The lowest BCUT2D eigenvalue weighted by Gasteiger charge is -2.29. The predicted molar refractivity (Wildman–Crippen MR) is 89.6 cm³/mol. The van der Waals surface area contributed by atoms with Crippen LogP contribution in [-0.4, -0.2) is 74.2 Å². The molecule has 1 N–H and O–H groups in total. The Morgan fingerprint density at radius 3 is 2.62 bits per heavy atom. The van der Waals surface area contributed by atoms with Crippen molar-refractivity contribution in [1.29, 1.82) is 0 Å². The Balaban J connectivity index is 0.00000200. The first-order valence-corrected chi connectivity index (χ1v) is 7.49. The maximum Gasteiger partial charge on any atom is 0.237 e. The number of methoxy groups -OCH3 is 1. The summed E-state index contributed by atoms with van der Waals surface area (Å²) in [5, 5.41) is 3.17. The van der Waals surface area contributed by atoms with Crippen molar-refractivity contribution in [3.8, 4) is 0 Å². The van der Waals surface area contributed by atoms with Gasteiger partial charge in [0.25, 0.3) is 0 Å². The summed E-state index contributed by atoms with van der Waals surface area (Å²) in [4.78, 5) is 17.0. The maximum atomic E-state index is 12.4. The van der Waals surface area contributed by atoms with Crippen LogP contribution in [0.5, 0.6) is 0 Å². The highest BCUT2D eigenvalue weighted by Gasteiger charge is 2.39. The van der Waals surface area contributed by atoms with Gasteiger partial charge in [-0.15, -0.1) is 24.8 Å². The first kappa shape index (κ1) is 20.9. The van der Waals surface area contributed by atoms with Gasteiger partial charge in [-0.3, -0.25) is 4.79 Å². The van der Waals surface area contributed by atoms with E-state index in [1.807, 2.05) is 0 Å². The van der Waals surface area contributed by atoms with Gasteiger partial charge in [-0.25, -0.2) is 0 Å². The summed E-state index contributed by atoms with van der Waals surface area (Å²) in [5.41, 5.74) is 0. The second-order valence-corrected chi connectivity index (χ2v) is 5.54. The van der Waals surface area contributed by atoms with Crippen molar-refractivity contribution >= 4 is 30.7 Å². The van der Waals surface area contributed by atoms with Crippen molar-refractivity contribution in [3.63, 3.8) is 0 Å². The van der Waals surface area contributed by atoms with Crippen LogP contribution in [-0.2, 0) is 9.53 Å². The molecule has 0 spiro atoms. The number of likely N-dealkylation sites (tertiary alicyclic amines) is 1. The van der Waals surface area contributed by atoms with E-state index in [0.29, 0.717) is 25.2 Å². The van der Waals surface area contributed by atoms with E-state index in [1.165, 1.54) is 12.8 Å². The molecule has 0 aromatic heterocycles. The maximum absolute atomic E-state index is 12.4. The minimum Gasteiger partial charge on any atom is -0.383 e. The van der Waals surface area contributed by atoms with Gasteiger partial charge in [-0.2, -0.15) is 0 Å². The van der Waals surface area contributed by atoms with Crippen LogP contribution >= 0.6 is 24.8 Å². The summed E-state index contributed by atoms with van der Waals surface area (Å²) in [6, 6.07) is 0.905. The van der Waals surface area contributed by atoms with Crippen LogP contribution in [0.3, 0.4) is 0 Å². The van der Waals surface area contributed by atoms with Gasteiger partial charge in [0, 0.05) is 38.8 Å². The van der Waals surface area contributed by atoms with E-state index in [2.05, 4.69) is 22.0 Å². The molecule has 0 radical (unpaired) electrons. The number of fused-ring (bicyclic) bond motifs is 2. The normalized spacial score (nSPS) is 25.0. The lowest BCUT2D eigenvalue weighted by molar-refractivity contribution is -0.132. The Kier molecular flexibility index (Phi) is 10.6. The first-order valence-electron chi connectivity index (χ1n) is 7.49. The largest absolute Gasteiger partial charge is 0.383 e. The Bertz CT molecular complexity index is 308. The Hall–Kier alpha value is -0.0700. The molecular weight excluding hydrogens is 313 g/mol. The average molecular weight is 342 g/mol. The number of amides is 1. The number of nitrogens with zero attached hydrogens (tertiary/aromatic N) is 2. The third-order valence-corrected chi connectivity index (χ3v) is 4.36. The fourth-order valence-electron chi connectivity index (χ4n) is 3.30. The number of ether oxygens (including phenoxy) is 1. The highest BCUT2D eigenvalue weighted by molar-refractivity contribution is 5.85. The lowest BCUT2D eigenvalue weighted by atomic mass is 10.1. The molecular formula is C14H29Cl2N3O2. The molecule has 0 aromatic carbocycles. The molecule has 21 heavy (non-hydrogen) atoms. The number of halogens is 2. The molecule has 2 heterocycles. The van der Waals surface area contributed by atoms with E-state index in [9.17, 15) is 4.79 Å². The Morgan fingerprint density at radius 1 is 1.24 bits per heavy atom. The number of hydrogen-bond acceptors (Lipinski definition) is 4. The van der Waals surface area contributed by atoms with Crippen molar-refractivity contribution in [2.75, 3.05) is 46.4 Å². The Labute approximate surface area is 140 Å². The second kappa shape index (κ2) is 10.6. The monoisotopic (exact) mass is 341 g/mol. The average Bonchev–Trinajstić information content (AvgIpc) is 2.70. The zero-order chi connectivity index (χ0) is 13.7. The minimum atomic E-state index is 0. The van der Waals surface area contributed by atoms with Gasteiger partial charge in [0.05, 0.1) is 13.2 Å². The topological polar surface area (TPSA) is 44.8 Å². The highest BCUT2D eigenvalue weighted by atomic mass is 35.5. The summed E-state index contributed by atoms with van der Waals surface area (Å²) in [7, 11) is 1.68. The third-order valence-electron chi connectivity index (χ3n) is 4.36. The second-order valence-electron chi connectivity index (χ2n) is 5.54. The van der Waals surface area contributed by atoms with Crippen LogP contribution in [0.1, 0.15) is 26.2 Å². The van der Waals surface area contributed by atoms with Gasteiger partial charge in [0.1, 0.15) is 0 Å². The quantitative estimate of drug-likeness (QED) is 0.736. The number of carbonyl (C=O) groups is 1. The fourth-order valence-corrected chi connectivity index (χ4v) is 3.30. The molecule has 7 heteroatoms. The molecule has 126 valence electrons. The van der Waals surface area contributed by atoms with Gasteiger partial charge in [0.15, 0.2) is 0 Å². The molecule has 5 nitrogen and oxygen atoms in total. The number of carbonyl (C=O) groups excluding carboxylic acids is 1. The molecule has 0 saturated carbocycles. The standard InChI is InChI=1S/C14H27N3O2.2ClH/c1-3-16-8-6-12-4-5-13(11-16)17(12)14(18)10-15-7-9-19-2;;/h12-13,15H,3-11H2,1-2H3;2*1H. The van der Waals surface area contributed by atoms with Gasteiger partial charge < -0.3 is 19.9 Å². The summed E-state index contributed by atoms with van der Waals surface area (Å²) >= 11 is 0. The molecule has 1 amide bonds. The van der Waals surface area contributed by atoms with Gasteiger partial charge >= 0.3 is 0 Å². The summed E-state index contributed by atoms with van der Waals surface area (Å²) in [5.74, 6) is 0.265. The van der Waals surface area contributed by atoms with Gasteiger partial charge in [0.2, 0.25) is 5.91 Å². The number of likely N-dealkylation sites (N-methyl/N-ethyl adjacent to an activating group) is 1. The molecule has 2 rings (SSSR count). The van der Waals surface area contributed by atoms with Gasteiger partial charge in [-0.05, 0) is 25.8 Å². The van der Waals surface area contributed by atoms with Crippen molar-refractivity contribution in [3.05, 3.63) is 0 Å². The van der Waals surface area contributed by atoms with E-state index in [-0.39, 0.29) is 30.7 Å². The van der Waals surface area contributed by atoms with Crippen molar-refractivity contribution < 1.29 is 9.53 Å². The number of rotatable bonds is 6. The zero-order valence-electron chi connectivity index (χ0n) is 13.0. The molecule has 2 atom stereocenters. The van der Waals surface area contributed by atoms with Crippen LogP contribution in [0.15, 0.2) is 0 Å². The number of hydrogen-bond donors (Lipinski definition) is 1. The SMILES string of the molecule is CCN1CCC2CCC(C1)N2C(=O)CNCCOC.Cl.Cl. The van der Waals surface area contributed by atoms with E-state index >= 15 is 0 Å². The zero-order valence-corrected chi connectivity index (χ0v) is 14.7. The molecule has 2 fully saturated rings. The van der Waals surface area contributed by atoms with E-state index in [0.717, 1.165) is 32.6 Å². The van der Waals surface area contributed by atoms with Crippen LogP contribution in [0.2, 0.25) is 0 Å². The van der Waals surface area contributed by atoms with Crippen molar-refractivity contribution in [2.24, 2.45) is 0 Å². The van der Waals surface area contributed by atoms with Crippen LogP contribution in [0.25, 0.3) is 0 Å². The first-order chi connectivity index (χ1) is 9.26. The lowest BCUT2D eigenvalue weighted by Crippen LogP contribution is -2.47. The summed E-state index contributed by atoms with van der Waals surface area (Å²) in [6.07, 6.45) is 3.49. The van der Waals surface area contributed by atoms with Crippen LogP contribution < -0.4 is 5.32 Å². The minimum absolute atomic E-state index is 0. The highest BCUT2D eigenvalue weighted by Crippen LogP contribution is 2.30. The third kappa shape index (κ3) is 5.57. The van der Waals surface area contributed by atoms with Crippen molar-refractivity contribution in [1.82, 2.24) is 15.1 Å². The molecule has 2 aliphatic rings. The molecule has 2 aliphatic heterocycles. The summed E-state index contributed by atoms with van der Waals surface area (Å²) in [6.45, 7) is 7.34. The molecule has 0 aromatic rings. The van der Waals surface area contributed by atoms with Gasteiger partial charge in [-0.1, -0.05) is 6.92 Å². The fraction of sp³-hybridized carbons (Fsp3) is 0.929. The molecule has 2 saturated heterocycles. The molecule has 2 bridgehead atoms. The molecule has 2 unspecified atom stereocenters. The van der Waals surface area contributed by atoms with E-state index in [1.54, 1.807) is 7.11 Å². The van der Waals surface area contributed by atoms with Crippen molar-refractivity contribution in [2.45, 2.75) is 38.3 Å². The van der Waals surface area contributed by atoms with E-state index in [4.69, 9.17) is 4.74 Å². The molecule has 0 aliphatic carbocycles. The number of nitrogens with one attached hydrogen (secondary N) is 1. The van der Waals surface area contributed by atoms with E-state index < -0.39 is 0 Å². The smallest absolute Gasteiger partial charge is 0.237 e. The van der Waals surface area contributed by atoms with Crippen LogP contribution in [0.4, 0.5) is 0 Å². The predicted octanol–water partition coefficient (Wildman–Crippen LogP) is 1.15. The Morgan fingerprint density at radius 2 is 1.95 bits per heavy atom. The summed E-state index contributed by atoms with van der Waals surface area (Å²) < 4.78 is 4.98. The van der Waals surface area contributed by atoms with Crippen LogP contribution in [0, 0.1) is 0 Å².